The summed E-state index contributed by atoms with van der Waals surface area (Å²) in [4.78, 5) is 10.7. The van der Waals surface area contributed by atoms with Crippen molar-refractivity contribution in [3.8, 4) is 0 Å². The maximum Gasteiger partial charge on any atom is 0.407 e. The van der Waals surface area contributed by atoms with Crippen LogP contribution in [0.25, 0.3) is 0 Å². The zero-order valence-electron chi connectivity index (χ0n) is 6.21. The molecule has 1 N–H and O–H groups in total. The van der Waals surface area contributed by atoms with E-state index in [1.165, 1.54) is 0 Å². The summed E-state index contributed by atoms with van der Waals surface area (Å²) in [5.74, 6) is 0. The van der Waals surface area contributed by atoms with E-state index in [1.54, 1.807) is 0 Å². The molecule has 2 heterocycles. The molecule has 2 aliphatic rings. The number of fused-ring (bicyclic) bond motifs is 1. The van der Waals surface area contributed by atoms with Gasteiger partial charge in [0.2, 0.25) is 0 Å². The summed E-state index contributed by atoms with van der Waals surface area (Å²) in [5.41, 5.74) is 0. The van der Waals surface area contributed by atoms with Crippen molar-refractivity contribution >= 4 is 6.09 Å². The van der Waals surface area contributed by atoms with Gasteiger partial charge in [-0.2, -0.15) is 0 Å². The van der Waals surface area contributed by atoms with Crippen molar-refractivity contribution in [2.75, 3.05) is 13.2 Å². The average molecular weight is 157 g/mol. The minimum absolute atomic E-state index is 0.0509. The first-order valence-electron chi connectivity index (χ1n) is 3.91. The number of alkyl carbamates (subject to hydrolysis) is 1. The molecule has 0 aromatic rings. The second-order valence-electron chi connectivity index (χ2n) is 2.91. The molecule has 2 saturated heterocycles. The number of rotatable bonds is 0. The molecule has 1 amide bonds. The van der Waals surface area contributed by atoms with E-state index in [1.807, 2.05) is 0 Å². The Balaban J connectivity index is 2.01. The summed E-state index contributed by atoms with van der Waals surface area (Å²) in [6.45, 7) is 1.33. The van der Waals surface area contributed by atoms with Crippen LogP contribution in [0.4, 0.5) is 4.79 Å². The maximum absolute atomic E-state index is 10.7. The Hall–Kier alpha value is -0.770. The van der Waals surface area contributed by atoms with Crippen molar-refractivity contribution < 1.29 is 14.3 Å². The van der Waals surface area contributed by atoms with Gasteiger partial charge in [0.15, 0.2) is 0 Å². The molecule has 0 radical (unpaired) electrons. The van der Waals surface area contributed by atoms with Gasteiger partial charge in [0.25, 0.3) is 0 Å². The van der Waals surface area contributed by atoms with Crippen LogP contribution in [0.2, 0.25) is 0 Å². The molecule has 4 nitrogen and oxygen atoms in total. The molecule has 2 fully saturated rings. The first kappa shape index (κ1) is 6.91. The fourth-order valence-corrected chi connectivity index (χ4v) is 1.51. The molecule has 0 spiro atoms. The summed E-state index contributed by atoms with van der Waals surface area (Å²) in [6.07, 6.45) is 1.62. The molecule has 4 heteroatoms. The second-order valence-corrected chi connectivity index (χ2v) is 2.91. The van der Waals surface area contributed by atoms with Gasteiger partial charge < -0.3 is 14.8 Å². The molecular weight excluding hydrogens is 146 g/mol. The van der Waals surface area contributed by atoms with Gasteiger partial charge in [-0.15, -0.1) is 0 Å². The van der Waals surface area contributed by atoms with Crippen LogP contribution in [-0.2, 0) is 9.47 Å². The van der Waals surface area contributed by atoms with Crippen molar-refractivity contribution in [1.82, 2.24) is 5.32 Å². The molecule has 11 heavy (non-hydrogen) atoms. The number of ether oxygens (including phenoxy) is 2. The predicted octanol–water partition coefficient (Wildman–Crippen LogP) is 0.274. The van der Waals surface area contributed by atoms with Gasteiger partial charge in [-0.05, 0) is 12.8 Å². The molecule has 0 saturated carbocycles. The summed E-state index contributed by atoms with van der Waals surface area (Å²) < 4.78 is 10.2. The zero-order valence-corrected chi connectivity index (χ0v) is 6.21. The topological polar surface area (TPSA) is 47.6 Å². The van der Waals surface area contributed by atoms with Gasteiger partial charge in [0, 0.05) is 6.61 Å². The number of hydrogen-bond acceptors (Lipinski definition) is 3. The normalized spacial score (nSPS) is 36.9. The largest absolute Gasteiger partial charge is 0.442 e. The number of nitrogens with one attached hydrogen (secondary N) is 1. The van der Waals surface area contributed by atoms with E-state index >= 15 is 0 Å². The highest BCUT2D eigenvalue weighted by molar-refractivity contribution is 5.70. The molecule has 0 unspecified atom stereocenters. The Morgan fingerprint density at radius 1 is 1.55 bits per heavy atom. The third-order valence-electron chi connectivity index (χ3n) is 2.10. The lowest BCUT2D eigenvalue weighted by atomic mass is 10.1. The van der Waals surface area contributed by atoms with Crippen LogP contribution in [0.1, 0.15) is 12.8 Å². The number of carbonyl (C=O) groups excluding carboxylic acids is 1. The summed E-state index contributed by atoms with van der Waals surface area (Å²) in [6, 6.07) is 0.185. The van der Waals surface area contributed by atoms with Gasteiger partial charge in [0.05, 0.1) is 12.6 Å². The number of amides is 1. The Morgan fingerprint density at radius 3 is 3.36 bits per heavy atom. The predicted molar refractivity (Wildman–Crippen MR) is 37.2 cm³/mol. The fourth-order valence-electron chi connectivity index (χ4n) is 1.51. The number of carbonyl (C=O) groups is 1. The molecule has 2 atom stereocenters. The van der Waals surface area contributed by atoms with Crippen LogP contribution >= 0.6 is 0 Å². The molecule has 2 aliphatic heterocycles. The Labute approximate surface area is 64.9 Å². The molecule has 0 bridgehead atoms. The first-order valence-corrected chi connectivity index (χ1v) is 3.91. The van der Waals surface area contributed by atoms with E-state index in [2.05, 4.69) is 5.32 Å². The summed E-state index contributed by atoms with van der Waals surface area (Å²) >= 11 is 0. The lowest BCUT2D eigenvalue weighted by Crippen LogP contribution is -2.32. The number of hydrogen-bond donors (Lipinski definition) is 1. The van der Waals surface area contributed by atoms with Gasteiger partial charge >= 0.3 is 6.09 Å². The van der Waals surface area contributed by atoms with Gasteiger partial charge in [-0.25, -0.2) is 4.79 Å². The minimum Gasteiger partial charge on any atom is -0.442 e. The molecule has 0 aromatic carbocycles. The molecule has 0 aromatic heterocycles. The lowest BCUT2D eigenvalue weighted by molar-refractivity contribution is 0.0506. The monoisotopic (exact) mass is 157 g/mol. The summed E-state index contributed by atoms with van der Waals surface area (Å²) in [7, 11) is 0. The highest BCUT2D eigenvalue weighted by Crippen LogP contribution is 2.17. The van der Waals surface area contributed by atoms with Crippen molar-refractivity contribution in [2.45, 2.75) is 25.0 Å². The molecule has 2 rings (SSSR count). The van der Waals surface area contributed by atoms with Gasteiger partial charge in [-0.1, -0.05) is 0 Å². The fraction of sp³-hybridized carbons (Fsp3) is 0.857. The van der Waals surface area contributed by atoms with Gasteiger partial charge in [0.1, 0.15) is 6.10 Å². The zero-order chi connectivity index (χ0) is 7.68. The quantitative estimate of drug-likeness (QED) is 0.549. The van der Waals surface area contributed by atoms with Crippen molar-refractivity contribution in [2.24, 2.45) is 0 Å². The summed E-state index contributed by atoms with van der Waals surface area (Å²) in [5, 5.41) is 2.75. The van der Waals surface area contributed by atoms with E-state index in [0.717, 1.165) is 19.4 Å². The third-order valence-corrected chi connectivity index (χ3v) is 2.10. The van der Waals surface area contributed by atoms with Crippen LogP contribution in [0, 0.1) is 0 Å². The van der Waals surface area contributed by atoms with Crippen LogP contribution in [0.3, 0.4) is 0 Å². The molecule has 0 aliphatic carbocycles. The van der Waals surface area contributed by atoms with Crippen molar-refractivity contribution in [3.05, 3.63) is 0 Å². The minimum atomic E-state index is -0.300. The van der Waals surface area contributed by atoms with Crippen LogP contribution < -0.4 is 5.32 Å². The molecular formula is C7H11NO3. The highest BCUT2D eigenvalue weighted by atomic mass is 16.6. The SMILES string of the molecule is O=C1N[C@H]2CCCOC[C@H]2O1. The highest BCUT2D eigenvalue weighted by Gasteiger charge is 2.34. The lowest BCUT2D eigenvalue weighted by Gasteiger charge is -2.10. The van der Waals surface area contributed by atoms with Crippen LogP contribution in [0.5, 0.6) is 0 Å². The van der Waals surface area contributed by atoms with Gasteiger partial charge in [-0.3, -0.25) is 0 Å². The Bertz CT molecular complexity index is 155. The Morgan fingerprint density at radius 2 is 2.45 bits per heavy atom. The van der Waals surface area contributed by atoms with E-state index in [-0.39, 0.29) is 18.2 Å². The van der Waals surface area contributed by atoms with E-state index in [9.17, 15) is 4.79 Å². The maximum atomic E-state index is 10.7. The average Bonchev–Trinajstić information content (AvgIpc) is 2.17. The standard InChI is InChI=1S/C7H11NO3/c9-7-8-5-2-1-3-10-4-6(5)11-7/h5-6H,1-4H2,(H,8,9)/t5-,6+/m0/s1. The van der Waals surface area contributed by atoms with E-state index < -0.39 is 0 Å². The second kappa shape index (κ2) is 2.70. The van der Waals surface area contributed by atoms with Crippen molar-refractivity contribution in [1.29, 1.82) is 0 Å². The van der Waals surface area contributed by atoms with Crippen LogP contribution in [0.15, 0.2) is 0 Å². The Kier molecular flexibility index (Phi) is 1.69. The van der Waals surface area contributed by atoms with Crippen LogP contribution in [-0.4, -0.2) is 31.5 Å². The van der Waals surface area contributed by atoms with E-state index in [4.69, 9.17) is 9.47 Å². The smallest absolute Gasteiger partial charge is 0.407 e. The molecule has 62 valence electrons. The van der Waals surface area contributed by atoms with E-state index in [0.29, 0.717) is 6.61 Å². The first-order chi connectivity index (χ1) is 5.36. The third kappa shape index (κ3) is 1.30. The van der Waals surface area contributed by atoms with Crippen molar-refractivity contribution in [3.63, 3.8) is 0 Å².